The number of likely N-dealkylation sites (tertiary alicyclic amines) is 1. The van der Waals surface area contributed by atoms with Crippen molar-refractivity contribution in [2.45, 2.75) is 88.0 Å². The molecule has 2 aromatic rings. The highest BCUT2D eigenvalue weighted by atomic mass is 35.5. The van der Waals surface area contributed by atoms with Crippen molar-refractivity contribution in [2.24, 2.45) is 11.3 Å². The summed E-state index contributed by atoms with van der Waals surface area (Å²) in [6.07, 6.45) is 5.25. The molecule has 0 spiro atoms. The van der Waals surface area contributed by atoms with Gasteiger partial charge in [-0.3, -0.25) is 9.59 Å². The van der Waals surface area contributed by atoms with Crippen LogP contribution in [0.4, 0.5) is 0 Å². The molecular formula is C31H38Cl2N2O5S. The zero-order valence-corrected chi connectivity index (χ0v) is 25.6. The number of benzene rings is 2. The van der Waals surface area contributed by atoms with Gasteiger partial charge in [-0.05, 0) is 79.8 Å². The number of halogens is 2. The van der Waals surface area contributed by atoms with Gasteiger partial charge >= 0.3 is 5.97 Å². The van der Waals surface area contributed by atoms with E-state index in [1.807, 2.05) is 42.2 Å². The number of carbonyl (C=O) groups excluding carboxylic acids is 1. The average Bonchev–Trinajstić information content (AvgIpc) is 3.61. The first-order valence-corrected chi connectivity index (χ1v) is 16.9. The van der Waals surface area contributed by atoms with E-state index in [0.29, 0.717) is 35.7 Å². The highest BCUT2D eigenvalue weighted by molar-refractivity contribution is 7.90. The zero-order valence-electron chi connectivity index (χ0n) is 23.3. The molecule has 1 amide bonds. The van der Waals surface area contributed by atoms with Crippen molar-refractivity contribution >= 4 is 45.1 Å². The van der Waals surface area contributed by atoms with Crippen LogP contribution < -0.4 is 4.72 Å². The normalized spacial score (nSPS) is 26.3. The quantitative estimate of drug-likeness (QED) is 0.296. The third-order valence-electron chi connectivity index (χ3n) is 9.39. The van der Waals surface area contributed by atoms with Crippen LogP contribution in [0.15, 0.2) is 48.5 Å². The van der Waals surface area contributed by atoms with Crippen LogP contribution in [0.25, 0.3) is 0 Å². The van der Waals surface area contributed by atoms with Gasteiger partial charge in [0.25, 0.3) is 0 Å². The number of amides is 1. The molecule has 1 heterocycles. The van der Waals surface area contributed by atoms with Crippen LogP contribution in [-0.2, 0) is 19.6 Å². The van der Waals surface area contributed by atoms with Gasteiger partial charge in [-0.25, -0.2) is 13.1 Å². The Morgan fingerprint density at radius 3 is 2.32 bits per heavy atom. The largest absolute Gasteiger partial charge is 0.481 e. The van der Waals surface area contributed by atoms with Gasteiger partial charge in [-0.1, -0.05) is 67.2 Å². The topological polar surface area (TPSA) is 104 Å². The standard InChI is InChI=1S/C31H38Cl2N2O5S/c1-2-31(18-28(36)37)17-26(22-6-5-7-24(33)16-22)29(21-12-14-23(32)15-13-21)35(30(31)38)27(20-10-11-20)19-34-41(39,40)25-8-3-4-9-25/h5-7,12-16,20,25-27,29,34H,2-4,8-11,17-19H2,1H3,(H,36,37)/t26-,27-,29?,31-/m1/s1. The molecule has 1 aliphatic heterocycles. The highest BCUT2D eigenvalue weighted by Crippen LogP contribution is 2.55. The molecule has 1 unspecified atom stereocenters. The molecule has 3 aliphatic rings. The maximum atomic E-state index is 14.7. The first kappa shape index (κ1) is 30.3. The number of rotatable bonds is 11. The molecule has 2 aromatic carbocycles. The van der Waals surface area contributed by atoms with Gasteiger partial charge in [0.2, 0.25) is 15.9 Å². The summed E-state index contributed by atoms with van der Waals surface area (Å²) in [4.78, 5) is 28.7. The molecule has 0 bridgehead atoms. The lowest BCUT2D eigenvalue weighted by atomic mass is 9.64. The van der Waals surface area contributed by atoms with Crippen molar-refractivity contribution in [2.75, 3.05) is 6.54 Å². The Bertz CT molecular complexity index is 1380. The van der Waals surface area contributed by atoms with Gasteiger partial charge in [0.15, 0.2) is 0 Å². The molecule has 2 N–H and O–H groups in total. The minimum Gasteiger partial charge on any atom is -0.481 e. The number of sulfonamides is 1. The maximum absolute atomic E-state index is 14.7. The molecule has 222 valence electrons. The summed E-state index contributed by atoms with van der Waals surface area (Å²) < 4.78 is 29.4. The number of nitrogens with one attached hydrogen (secondary N) is 1. The van der Waals surface area contributed by atoms with Crippen molar-refractivity contribution in [1.82, 2.24) is 9.62 Å². The van der Waals surface area contributed by atoms with E-state index < -0.39 is 38.7 Å². The molecule has 2 aliphatic carbocycles. The van der Waals surface area contributed by atoms with Crippen LogP contribution in [0, 0.1) is 11.3 Å². The summed E-state index contributed by atoms with van der Waals surface area (Å²) in [6.45, 7) is 1.97. The number of hydrogen-bond acceptors (Lipinski definition) is 4. The van der Waals surface area contributed by atoms with E-state index in [-0.39, 0.29) is 30.7 Å². The SMILES string of the molecule is CC[C@]1(CC(=O)O)C[C@H](c2cccc(Cl)c2)C(c2ccc(Cl)cc2)N([C@H](CNS(=O)(=O)C2CCCC2)C2CC2)C1=O. The Morgan fingerprint density at radius 2 is 1.73 bits per heavy atom. The molecular weight excluding hydrogens is 583 g/mol. The van der Waals surface area contributed by atoms with Crippen molar-refractivity contribution in [3.05, 3.63) is 69.7 Å². The predicted octanol–water partition coefficient (Wildman–Crippen LogP) is 6.56. The van der Waals surface area contributed by atoms with Crippen molar-refractivity contribution in [3.8, 4) is 0 Å². The fourth-order valence-corrected chi connectivity index (χ4v) is 8.93. The summed E-state index contributed by atoms with van der Waals surface area (Å²) in [5.74, 6) is -1.39. The number of carboxylic acid groups (broad SMARTS) is 1. The van der Waals surface area contributed by atoms with Crippen LogP contribution in [0.5, 0.6) is 0 Å². The molecule has 0 aromatic heterocycles. The Morgan fingerprint density at radius 1 is 1.05 bits per heavy atom. The fourth-order valence-electron chi connectivity index (χ4n) is 7.01. The van der Waals surface area contributed by atoms with Crippen LogP contribution in [0.3, 0.4) is 0 Å². The van der Waals surface area contributed by atoms with E-state index in [2.05, 4.69) is 4.72 Å². The van der Waals surface area contributed by atoms with E-state index in [1.165, 1.54) is 0 Å². The van der Waals surface area contributed by atoms with Crippen LogP contribution in [0.1, 0.15) is 87.8 Å². The summed E-state index contributed by atoms with van der Waals surface area (Å²) in [5, 5.41) is 10.7. The first-order valence-electron chi connectivity index (χ1n) is 14.6. The summed E-state index contributed by atoms with van der Waals surface area (Å²) >= 11 is 12.7. The van der Waals surface area contributed by atoms with Crippen molar-refractivity contribution < 1.29 is 23.1 Å². The second-order valence-electron chi connectivity index (χ2n) is 12.0. The number of piperidine rings is 1. The second kappa shape index (κ2) is 12.2. The molecule has 0 radical (unpaired) electrons. The van der Waals surface area contributed by atoms with Gasteiger partial charge in [-0.15, -0.1) is 0 Å². The molecule has 3 fully saturated rings. The van der Waals surface area contributed by atoms with Gasteiger partial charge in [-0.2, -0.15) is 0 Å². The van der Waals surface area contributed by atoms with E-state index in [1.54, 1.807) is 18.2 Å². The molecule has 1 saturated heterocycles. The predicted molar refractivity (Wildman–Crippen MR) is 161 cm³/mol. The van der Waals surface area contributed by atoms with Gasteiger partial charge < -0.3 is 10.0 Å². The average molecular weight is 622 g/mol. The molecule has 2 saturated carbocycles. The molecule has 4 atom stereocenters. The van der Waals surface area contributed by atoms with Crippen LogP contribution >= 0.6 is 23.2 Å². The fraction of sp³-hybridized carbons (Fsp3) is 0.548. The van der Waals surface area contributed by atoms with Gasteiger partial charge in [0.05, 0.1) is 23.1 Å². The zero-order chi connectivity index (χ0) is 29.4. The second-order valence-corrected chi connectivity index (χ2v) is 14.9. The van der Waals surface area contributed by atoms with E-state index >= 15 is 0 Å². The smallest absolute Gasteiger partial charge is 0.304 e. The van der Waals surface area contributed by atoms with Crippen molar-refractivity contribution in [1.29, 1.82) is 0 Å². The Hall–Kier alpha value is -2.13. The number of carbonyl (C=O) groups is 2. The highest BCUT2D eigenvalue weighted by Gasteiger charge is 2.55. The molecule has 41 heavy (non-hydrogen) atoms. The minimum absolute atomic E-state index is 0.106. The maximum Gasteiger partial charge on any atom is 0.304 e. The lowest BCUT2D eigenvalue weighted by Crippen LogP contribution is -2.59. The third-order valence-corrected chi connectivity index (χ3v) is 11.8. The molecule has 7 nitrogen and oxygen atoms in total. The summed E-state index contributed by atoms with van der Waals surface area (Å²) in [6, 6.07) is 14.1. The van der Waals surface area contributed by atoms with Crippen LogP contribution in [-0.4, -0.2) is 48.1 Å². The van der Waals surface area contributed by atoms with E-state index in [0.717, 1.165) is 36.8 Å². The monoisotopic (exact) mass is 620 g/mol. The van der Waals surface area contributed by atoms with Crippen LogP contribution in [0.2, 0.25) is 10.0 Å². The number of hydrogen-bond donors (Lipinski definition) is 2. The first-order chi connectivity index (χ1) is 19.5. The van der Waals surface area contributed by atoms with Gasteiger partial charge in [0, 0.05) is 28.5 Å². The number of nitrogens with zero attached hydrogens (tertiary/aromatic N) is 1. The summed E-state index contributed by atoms with van der Waals surface area (Å²) in [5.41, 5.74) is 0.649. The molecule has 10 heteroatoms. The lowest BCUT2D eigenvalue weighted by Gasteiger charge is -2.53. The summed E-state index contributed by atoms with van der Waals surface area (Å²) in [7, 11) is -3.55. The Labute approximate surface area is 252 Å². The lowest BCUT2D eigenvalue weighted by molar-refractivity contribution is -0.162. The Balaban J connectivity index is 1.63. The number of aliphatic carboxylic acids is 1. The van der Waals surface area contributed by atoms with E-state index in [4.69, 9.17) is 23.2 Å². The third kappa shape index (κ3) is 6.46. The van der Waals surface area contributed by atoms with Crippen molar-refractivity contribution in [3.63, 3.8) is 0 Å². The van der Waals surface area contributed by atoms with E-state index in [9.17, 15) is 23.1 Å². The molecule has 5 rings (SSSR count). The van der Waals surface area contributed by atoms with Gasteiger partial charge in [0.1, 0.15) is 0 Å². The number of carboxylic acids is 1. The Kier molecular flexibility index (Phi) is 9.05. The minimum atomic E-state index is -3.55.